The van der Waals surface area contributed by atoms with Gasteiger partial charge in [0.15, 0.2) is 0 Å². The second-order valence-electron chi connectivity index (χ2n) is 4.51. The van der Waals surface area contributed by atoms with Gasteiger partial charge in [0.1, 0.15) is 6.23 Å². The van der Waals surface area contributed by atoms with Crippen molar-refractivity contribution in [1.29, 1.82) is 0 Å². The van der Waals surface area contributed by atoms with Gasteiger partial charge in [0, 0.05) is 12.5 Å². The van der Waals surface area contributed by atoms with E-state index in [0.29, 0.717) is 17.1 Å². The quantitative estimate of drug-likeness (QED) is 0.485. The Hall–Kier alpha value is -0.700. The molecule has 0 aromatic carbocycles. The van der Waals surface area contributed by atoms with Gasteiger partial charge in [-0.05, 0) is 19.3 Å². The summed E-state index contributed by atoms with van der Waals surface area (Å²) in [6, 6.07) is -0.447. The van der Waals surface area contributed by atoms with Crippen molar-refractivity contribution in [2.24, 2.45) is 0 Å². The summed E-state index contributed by atoms with van der Waals surface area (Å²) in [5.74, 6) is -1.12. The van der Waals surface area contributed by atoms with Crippen LogP contribution in [0.4, 0.5) is 0 Å². The van der Waals surface area contributed by atoms with Crippen molar-refractivity contribution in [3.63, 3.8) is 0 Å². The van der Waals surface area contributed by atoms with E-state index in [1.54, 1.807) is 0 Å². The Morgan fingerprint density at radius 3 is 2.28 bits per heavy atom. The first-order valence-electron chi connectivity index (χ1n) is 5.98. The van der Waals surface area contributed by atoms with E-state index < -0.39 is 28.5 Å². The highest BCUT2D eigenvalue weighted by Gasteiger charge is 2.35. The molecule has 1 saturated carbocycles. The van der Waals surface area contributed by atoms with Gasteiger partial charge in [-0.15, -0.1) is 4.31 Å². The number of carbonyl (C=O) groups is 1. The lowest BCUT2D eigenvalue weighted by atomic mass is 9.95. The molecule has 0 saturated heterocycles. The van der Waals surface area contributed by atoms with Crippen molar-refractivity contribution < 1.29 is 28.0 Å². The molecule has 0 aromatic rings. The van der Waals surface area contributed by atoms with E-state index in [1.165, 1.54) is 0 Å². The summed E-state index contributed by atoms with van der Waals surface area (Å²) in [7, 11) is -4.52. The molecule has 0 spiro atoms. The average molecular weight is 281 g/mol. The molecule has 0 radical (unpaired) electrons. The third kappa shape index (κ3) is 4.52. The van der Waals surface area contributed by atoms with Gasteiger partial charge < -0.3 is 10.2 Å². The largest absolute Gasteiger partial charge is 0.481 e. The number of aliphatic hydroxyl groups excluding tert-OH is 1. The number of hydrogen-bond acceptors (Lipinski definition) is 4. The molecule has 8 heteroatoms. The average Bonchev–Trinajstić information content (AvgIpc) is 2.26. The monoisotopic (exact) mass is 281 g/mol. The van der Waals surface area contributed by atoms with Crippen molar-refractivity contribution in [2.45, 2.75) is 57.2 Å². The van der Waals surface area contributed by atoms with Gasteiger partial charge in [0.25, 0.3) is 0 Å². The Morgan fingerprint density at radius 2 is 1.83 bits per heavy atom. The van der Waals surface area contributed by atoms with Crippen molar-refractivity contribution in [3.05, 3.63) is 0 Å². The zero-order valence-corrected chi connectivity index (χ0v) is 10.8. The Balaban J connectivity index is 2.74. The molecule has 106 valence electrons. The highest BCUT2D eigenvalue weighted by Crippen LogP contribution is 2.26. The molecule has 0 heterocycles. The highest BCUT2D eigenvalue weighted by molar-refractivity contribution is 7.83. The van der Waals surface area contributed by atoms with Crippen LogP contribution in [0.5, 0.6) is 0 Å². The van der Waals surface area contributed by atoms with Gasteiger partial charge in [-0.3, -0.25) is 9.35 Å². The minimum absolute atomic E-state index is 0.231. The van der Waals surface area contributed by atoms with Crippen LogP contribution in [0.15, 0.2) is 0 Å². The molecule has 7 nitrogen and oxygen atoms in total. The first-order valence-corrected chi connectivity index (χ1v) is 7.38. The van der Waals surface area contributed by atoms with Crippen LogP contribution in [0.1, 0.15) is 44.9 Å². The molecule has 1 unspecified atom stereocenters. The predicted octanol–water partition coefficient (Wildman–Crippen LogP) is 0.607. The normalized spacial score (nSPS) is 19.9. The fourth-order valence-electron chi connectivity index (χ4n) is 2.30. The predicted molar refractivity (Wildman–Crippen MR) is 63.1 cm³/mol. The molecule has 3 N–H and O–H groups in total. The maximum absolute atomic E-state index is 11.3. The Bertz CT molecular complexity index is 376. The topological polar surface area (TPSA) is 115 Å². The van der Waals surface area contributed by atoms with Crippen LogP contribution < -0.4 is 0 Å². The lowest BCUT2D eigenvalue weighted by molar-refractivity contribution is -0.138. The number of aliphatic hydroxyl groups is 1. The molecule has 0 amide bonds. The van der Waals surface area contributed by atoms with Crippen molar-refractivity contribution in [3.8, 4) is 0 Å². The third-order valence-electron chi connectivity index (χ3n) is 3.11. The zero-order chi connectivity index (χ0) is 13.8. The highest BCUT2D eigenvalue weighted by atomic mass is 32.2. The molecular weight excluding hydrogens is 262 g/mol. The van der Waals surface area contributed by atoms with Gasteiger partial charge in [0.05, 0.1) is 0 Å². The number of rotatable bonds is 6. The molecule has 1 aliphatic carbocycles. The van der Waals surface area contributed by atoms with Crippen LogP contribution in [0.3, 0.4) is 0 Å². The summed E-state index contributed by atoms with van der Waals surface area (Å²) in [6.07, 6.45) is 1.75. The van der Waals surface area contributed by atoms with Crippen LogP contribution in [-0.2, 0) is 15.1 Å². The molecule has 0 bridgehead atoms. The van der Waals surface area contributed by atoms with Crippen molar-refractivity contribution in [2.75, 3.05) is 0 Å². The van der Waals surface area contributed by atoms with Gasteiger partial charge >= 0.3 is 16.3 Å². The van der Waals surface area contributed by atoms with E-state index in [1.807, 2.05) is 0 Å². The number of carboxylic acids is 1. The summed E-state index contributed by atoms with van der Waals surface area (Å²) in [5.41, 5.74) is 0. The van der Waals surface area contributed by atoms with Gasteiger partial charge in [0.2, 0.25) is 0 Å². The van der Waals surface area contributed by atoms with Crippen LogP contribution in [-0.4, -0.2) is 45.7 Å². The third-order valence-corrected chi connectivity index (χ3v) is 4.19. The minimum atomic E-state index is -4.52. The van der Waals surface area contributed by atoms with E-state index in [2.05, 4.69) is 0 Å². The molecule has 0 aromatic heterocycles. The molecule has 1 fully saturated rings. The summed E-state index contributed by atoms with van der Waals surface area (Å²) in [4.78, 5) is 10.4. The summed E-state index contributed by atoms with van der Waals surface area (Å²) in [5, 5.41) is 18.3. The molecule has 1 rings (SSSR count). The van der Waals surface area contributed by atoms with Crippen molar-refractivity contribution in [1.82, 2.24) is 4.31 Å². The summed E-state index contributed by atoms with van der Waals surface area (Å²) in [6.45, 7) is 0. The molecule has 1 aliphatic rings. The van der Waals surface area contributed by atoms with Crippen molar-refractivity contribution >= 4 is 16.3 Å². The van der Waals surface area contributed by atoms with E-state index in [0.717, 1.165) is 19.3 Å². The summed E-state index contributed by atoms with van der Waals surface area (Å²) < 4.78 is 32.4. The fourth-order valence-corrected chi connectivity index (χ4v) is 3.30. The van der Waals surface area contributed by atoms with E-state index >= 15 is 0 Å². The first-order chi connectivity index (χ1) is 8.32. The lowest BCUT2D eigenvalue weighted by Crippen LogP contribution is -2.47. The van der Waals surface area contributed by atoms with Crippen LogP contribution in [0.2, 0.25) is 0 Å². The molecule has 0 aliphatic heterocycles. The van der Waals surface area contributed by atoms with Gasteiger partial charge in [-0.2, -0.15) is 8.42 Å². The maximum atomic E-state index is 11.3. The smallest absolute Gasteiger partial charge is 0.338 e. The zero-order valence-electron chi connectivity index (χ0n) is 10.0. The number of nitrogens with zero attached hydrogens (tertiary/aromatic N) is 1. The van der Waals surface area contributed by atoms with Gasteiger partial charge in [-0.25, -0.2) is 0 Å². The maximum Gasteiger partial charge on any atom is 0.338 e. The first kappa shape index (κ1) is 15.4. The second-order valence-corrected chi connectivity index (χ2v) is 5.83. The number of carboxylic acid groups (broad SMARTS) is 1. The van der Waals surface area contributed by atoms with E-state index in [-0.39, 0.29) is 12.8 Å². The van der Waals surface area contributed by atoms with E-state index in [4.69, 9.17) is 9.66 Å². The molecule has 18 heavy (non-hydrogen) atoms. The van der Waals surface area contributed by atoms with Gasteiger partial charge in [-0.1, -0.05) is 19.3 Å². The Morgan fingerprint density at radius 1 is 1.28 bits per heavy atom. The Kier molecular flexibility index (Phi) is 5.51. The minimum Gasteiger partial charge on any atom is -0.481 e. The summed E-state index contributed by atoms with van der Waals surface area (Å²) >= 11 is 0. The van der Waals surface area contributed by atoms with Crippen LogP contribution in [0.25, 0.3) is 0 Å². The number of aliphatic carboxylic acids is 1. The second kappa shape index (κ2) is 6.46. The van der Waals surface area contributed by atoms with E-state index in [9.17, 15) is 18.3 Å². The Labute approximate surface area is 106 Å². The molecular formula is C10H19NO6S. The van der Waals surface area contributed by atoms with Crippen LogP contribution in [0, 0.1) is 0 Å². The van der Waals surface area contributed by atoms with Crippen LogP contribution >= 0.6 is 0 Å². The molecule has 1 atom stereocenters. The SMILES string of the molecule is O=C(O)CCC(O)N(C1CCCCC1)S(=O)(=O)O. The lowest BCUT2D eigenvalue weighted by Gasteiger charge is -2.34. The number of hydrogen-bond donors (Lipinski definition) is 3. The standard InChI is InChI=1S/C10H19NO6S/c12-9(6-7-10(13)14)11(18(15,16)17)8-4-2-1-3-5-8/h8-9,12H,1-7H2,(H,13,14)(H,15,16,17). The fraction of sp³-hybridized carbons (Fsp3) is 0.900.